The number of thioether (sulfide) groups is 1. The standard InChI is InChI=1S/C14H24N2OS2/c1-10(13(9-17)18-2)15-7-12-8-16-14(19-12)11-5-3-4-6-11/h8,10-11,13,15,17H,3-7,9H2,1-2H3. The molecule has 2 N–H and O–H groups in total. The van der Waals surface area contributed by atoms with Gasteiger partial charge in [0.1, 0.15) is 0 Å². The van der Waals surface area contributed by atoms with Crippen LogP contribution in [0.4, 0.5) is 0 Å². The van der Waals surface area contributed by atoms with Crippen LogP contribution in [0.3, 0.4) is 0 Å². The third-order valence-corrected chi connectivity index (χ3v) is 6.24. The second-order valence-corrected chi connectivity index (χ2v) is 7.50. The molecule has 5 heteroatoms. The van der Waals surface area contributed by atoms with Gasteiger partial charge in [-0.25, -0.2) is 4.98 Å². The normalized spacial score (nSPS) is 19.7. The van der Waals surface area contributed by atoms with Crippen LogP contribution in [0.1, 0.15) is 48.4 Å². The highest BCUT2D eigenvalue weighted by Crippen LogP contribution is 2.36. The molecular weight excluding hydrogens is 276 g/mol. The second-order valence-electron chi connectivity index (χ2n) is 5.27. The molecule has 1 aromatic heterocycles. The van der Waals surface area contributed by atoms with Gasteiger partial charge >= 0.3 is 0 Å². The molecule has 19 heavy (non-hydrogen) atoms. The fourth-order valence-corrected chi connectivity index (χ4v) is 4.29. The highest BCUT2D eigenvalue weighted by Gasteiger charge is 2.20. The van der Waals surface area contributed by atoms with Crippen LogP contribution in [0, 0.1) is 0 Å². The van der Waals surface area contributed by atoms with Gasteiger partial charge in [0.25, 0.3) is 0 Å². The summed E-state index contributed by atoms with van der Waals surface area (Å²) in [6, 6.07) is 0.317. The summed E-state index contributed by atoms with van der Waals surface area (Å²) >= 11 is 3.57. The van der Waals surface area contributed by atoms with Gasteiger partial charge in [0, 0.05) is 34.8 Å². The summed E-state index contributed by atoms with van der Waals surface area (Å²) in [5.74, 6) is 0.715. The zero-order valence-electron chi connectivity index (χ0n) is 11.8. The Hall–Kier alpha value is -0.100. The summed E-state index contributed by atoms with van der Waals surface area (Å²) in [5, 5.41) is 14.4. The van der Waals surface area contributed by atoms with Crippen LogP contribution in [0.2, 0.25) is 0 Å². The minimum Gasteiger partial charge on any atom is -0.395 e. The molecule has 1 fully saturated rings. The second kappa shape index (κ2) is 7.62. The monoisotopic (exact) mass is 300 g/mol. The quantitative estimate of drug-likeness (QED) is 0.812. The Bertz CT molecular complexity index is 373. The zero-order chi connectivity index (χ0) is 13.7. The summed E-state index contributed by atoms with van der Waals surface area (Å²) < 4.78 is 0. The summed E-state index contributed by atoms with van der Waals surface area (Å²) in [5.41, 5.74) is 0. The largest absolute Gasteiger partial charge is 0.395 e. The molecular formula is C14H24N2OS2. The van der Waals surface area contributed by atoms with Crippen molar-refractivity contribution in [1.29, 1.82) is 0 Å². The van der Waals surface area contributed by atoms with Crippen LogP contribution in [0.15, 0.2) is 6.20 Å². The molecule has 0 spiro atoms. The van der Waals surface area contributed by atoms with Gasteiger partial charge in [-0.05, 0) is 26.0 Å². The predicted molar refractivity (Wildman–Crippen MR) is 84.0 cm³/mol. The lowest BCUT2D eigenvalue weighted by Crippen LogP contribution is -2.36. The van der Waals surface area contributed by atoms with Gasteiger partial charge in [-0.2, -0.15) is 11.8 Å². The lowest BCUT2D eigenvalue weighted by atomic mass is 10.1. The van der Waals surface area contributed by atoms with E-state index in [-0.39, 0.29) is 11.9 Å². The third-order valence-electron chi connectivity index (χ3n) is 3.91. The van der Waals surface area contributed by atoms with Crippen molar-refractivity contribution in [3.05, 3.63) is 16.1 Å². The Kier molecular flexibility index (Phi) is 6.13. The van der Waals surface area contributed by atoms with E-state index in [1.807, 2.05) is 23.8 Å². The molecule has 2 atom stereocenters. The van der Waals surface area contributed by atoms with Crippen LogP contribution in [-0.4, -0.2) is 34.2 Å². The molecule has 0 bridgehead atoms. The minimum atomic E-state index is 0.228. The van der Waals surface area contributed by atoms with Crippen molar-refractivity contribution in [1.82, 2.24) is 10.3 Å². The minimum absolute atomic E-state index is 0.228. The molecule has 2 unspecified atom stereocenters. The maximum Gasteiger partial charge on any atom is 0.0959 e. The summed E-state index contributed by atoms with van der Waals surface area (Å²) in [4.78, 5) is 5.90. The molecule has 1 aliphatic rings. The van der Waals surface area contributed by atoms with Gasteiger partial charge in [0.2, 0.25) is 0 Å². The van der Waals surface area contributed by atoms with Crippen molar-refractivity contribution in [2.45, 2.75) is 56.4 Å². The van der Waals surface area contributed by atoms with E-state index in [1.165, 1.54) is 35.6 Å². The van der Waals surface area contributed by atoms with Crippen molar-refractivity contribution < 1.29 is 5.11 Å². The molecule has 108 valence electrons. The van der Waals surface area contributed by atoms with Gasteiger partial charge in [-0.1, -0.05) is 12.8 Å². The van der Waals surface area contributed by atoms with E-state index in [0.717, 1.165) is 6.54 Å². The van der Waals surface area contributed by atoms with Gasteiger partial charge in [0.05, 0.1) is 11.6 Å². The number of thiazole rings is 1. The number of hydrogen-bond acceptors (Lipinski definition) is 5. The zero-order valence-corrected chi connectivity index (χ0v) is 13.4. The van der Waals surface area contributed by atoms with Crippen LogP contribution in [0.5, 0.6) is 0 Å². The number of nitrogens with one attached hydrogen (secondary N) is 1. The SMILES string of the molecule is CSC(CO)C(C)NCc1cnc(C2CCCC2)s1. The number of rotatable bonds is 7. The first-order valence-electron chi connectivity index (χ1n) is 7.06. The molecule has 1 aromatic rings. The molecule has 0 saturated heterocycles. The van der Waals surface area contributed by atoms with Crippen molar-refractivity contribution in [2.24, 2.45) is 0 Å². The molecule has 1 saturated carbocycles. The van der Waals surface area contributed by atoms with Gasteiger partial charge in [-0.3, -0.25) is 0 Å². The number of aliphatic hydroxyl groups excluding tert-OH is 1. The van der Waals surface area contributed by atoms with E-state index >= 15 is 0 Å². The number of aliphatic hydroxyl groups is 1. The first kappa shape index (κ1) is 15.3. The van der Waals surface area contributed by atoms with Crippen LogP contribution < -0.4 is 5.32 Å². The molecule has 1 aliphatic carbocycles. The van der Waals surface area contributed by atoms with Crippen LogP contribution >= 0.6 is 23.1 Å². The Balaban J connectivity index is 1.82. The van der Waals surface area contributed by atoms with E-state index < -0.39 is 0 Å². The van der Waals surface area contributed by atoms with Crippen LogP contribution in [-0.2, 0) is 6.54 Å². The van der Waals surface area contributed by atoms with Crippen molar-refractivity contribution >= 4 is 23.1 Å². The maximum absolute atomic E-state index is 9.27. The maximum atomic E-state index is 9.27. The molecule has 1 heterocycles. The van der Waals surface area contributed by atoms with E-state index in [1.54, 1.807) is 11.8 Å². The average Bonchev–Trinajstić information content (AvgIpc) is 3.08. The predicted octanol–water partition coefficient (Wildman–Crippen LogP) is 3.00. The van der Waals surface area contributed by atoms with Crippen LogP contribution in [0.25, 0.3) is 0 Å². The summed E-state index contributed by atoms with van der Waals surface area (Å²) in [6.07, 6.45) is 9.42. The van der Waals surface area contributed by atoms with Gasteiger partial charge in [0.15, 0.2) is 0 Å². The molecule has 3 nitrogen and oxygen atoms in total. The topological polar surface area (TPSA) is 45.1 Å². The number of nitrogens with zero attached hydrogens (tertiary/aromatic N) is 1. The fraction of sp³-hybridized carbons (Fsp3) is 0.786. The van der Waals surface area contributed by atoms with E-state index in [0.29, 0.717) is 12.0 Å². The molecule has 0 aromatic carbocycles. The Morgan fingerprint density at radius 1 is 1.53 bits per heavy atom. The summed E-state index contributed by atoms with van der Waals surface area (Å²) in [6.45, 7) is 3.23. The Labute approximate surface area is 124 Å². The van der Waals surface area contributed by atoms with E-state index in [2.05, 4.69) is 17.2 Å². The Morgan fingerprint density at radius 2 is 2.26 bits per heavy atom. The number of aromatic nitrogens is 1. The third kappa shape index (κ3) is 4.18. The lowest BCUT2D eigenvalue weighted by molar-refractivity contribution is 0.276. The molecule has 2 rings (SSSR count). The molecule has 0 radical (unpaired) electrons. The smallest absolute Gasteiger partial charge is 0.0959 e. The van der Waals surface area contributed by atoms with Gasteiger partial charge < -0.3 is 10.4 Å². The Morgan fingerprint density at radius 3 is 2.89 bits per heavy atom. The first-order chi connectivity index (χ1) is 9.24. The van der Waals surface area contributed by atoms with E-state index in [4.69, 9.17) is 0 Å². The van der Waals surface area contributed by atoms with Crippen molar-refractivity contribution in [3.8, 4) is 0 Å². The fourth-order valence-electron chi connectivity index (χ4n) is 2.60. The number of hydrogen-bond donors (Lipinski definition) is 2. The lowest BCUT2D eigenvalue weighted by Gasteiger charge is -2.20. The van der Waals surface area contributed by atoms with Crippen molar-refractivity contribution in [2.75, 3.05) is 12.9 Å². The first-order valence-corrected chi connectivity index (χ1v) is 9.16. The highest BCUT2D eigenvalue weighted by molar-refractivity contribution is 7.99. The summed E-state index contributed by atoms with van der Waals surface area (Å²) in [7, 11) is 0. The molecule has 0 amide bonds. The average molecular weight is 300 g/mol. The highest BCUT2D eigenvalue weighted by atomic mass is 32.2. The molecule has 0 aliphatic heterocycles. The van der Waals surface area contributed by atoms with Crippen molar-refractivity contribution in [3.63, 3.8) is 0 Å². The van der Waals surface area contributed by atoms with Gasteiger partial charge in [-0.15, -0.1) is 11.3 Å². The van der Waals surface area contributed by atoms with E-state index in [9.17, 15) is 5.11 Å².